The first-order chi connectivity index (χ1) is 14.3. The molecule has 158 valence electrons. The Bertz CT molecular complexity index is 1090. The Morgan fingerprint density at radius 3 is 2.33 bits per heavy atom. The van der Waals surface area contributed by atoms with Gasteiger partial charge in [-0.3, -0.25) is 4.79 Å². The monoisotopic (exact) mass is 445 g/mol. The van der Waals surface area contributed by atoms with Crippen LogP contribution in [0, 0.1) is 0 Å². The Labute approximate surface area is 180 Å². The van der Waals surface area contributed by atoms with Crippen molar-refractivity contribution in [3.63, 3.8) is 0 Å². The molecule has 0 N–H and O–H groups in total. The number of para-hydroxylation sites is 1. The molecule has 6 nitrogen and oxygen atoms in total. The standard InChI is InChI=1S/C22H23NO5S2/c1-16(2)23(22(24)21-9-6-14-29-21)15-17-7-4-5-8-20(17)28-30(25,26)19-12-10-18(27-3)11-13-19/h4-14,16H,15H2,1-3H3. The molecule has 30 heavy (non-hydrogen) atoms. The number of thiophene rings is 1. The van der Waals surface area contributed by atoms with Crippen molar-refractivity contribution in [2.24, 2.45) is 0 Å². The van der Waals surface area contributed by atoms with Gasteiger partial charge in [0.15, 0.2) is 0 Å². The van der Waals surface area contributed by atoms with Gasteiger partial charge < -0.3 is 13.8 Å². The van der Waals surface area contributed by atoms with Crippen LogP contribution in [0.1, 0.15) is 29.1 Å². The van der Waals surface area contributed by atoms with Gasteiger partial charge in [-0.1, -0.05) is 24.3 Å². The lowest BCUT2D eigenvalue weighted by molar-refractivity contribution is 0.0695. The Morgan fingerprint density at radius 2 is 1.73 bits per heavy atom. The summed E-state index contributed by atoms with van der Waals surface area (Å²) in [4.78, 5) is 15.2. The number of rotatable bonds is 8. The van der Waals surface area contributed by atoms with Gasteiger partial charge in [-0.2, -0.15) is 8.42 Å². The number of carbonyl (C=O) groups is 1. The summed E-state index contributed by atoms with van der Waals surface area (Å²) in [6.45, 7) is 4.06. The summed E-state index contributed by atoms with van der Waals surface area (Å²) in [6, 6.07) is 16.3. The summed E-state index contributed by atoms with van der Waals surface area (Å²) in [6.07, 6.45) is 0. The van der Waals surface area contributed by atoms with Crippen LogP contribution in [0.25, 0.3) is 0 Å². The highest BCUT2D eigenvalue weighted by Crippen LogP contribution is 2.27. The van der Waals surface area contributed by atoms with Crippen molar-refractivity contribution in [2.75, 3.05) is 7.11 Å². The first-order valence-electron chi connectivity index (χ1n) is 9.32. The molecule has 8 heteroatoms. The van der Waals surface area contributed by atoms with Gasteiger partial charge in [0.25, 0.3) is 5.91 Å². The molecular formula is C22H23NO5S2. The molecule has 0 fully saturated rings. The minimum atomic E-state index is -4.04. The lowest BCUT2D eigenvalue weighted by atomic mass is 10.1. The average molecular weight is 446 g/mol. The summed E-state index contributed by atoms with van der Waals surface area (Å²) >= 11 is 1.37. The molecule has 1 aromatic heterocycles. The second-order valence-electron chi connectivity index (χ2n) is 6.82. The quantitative estimate of drug-likeness (QED) is 0.475. The predicted octanol–water partition coefficient (Wildman–Crippen LogP) is 4.58. The fraction of sp³-hybridized carbons (Fsp3) is 0.227. The lowest BCUT2D eigenvalue weighted by Crippen LogP contribution is -2.36. The third-order valence-electron chi connectivity index (χ3n) is 4.48. The summed E-state index contributed by atoms with van der Waals surface area (Å²) in [5.41, 5.74) is 0.605. The van der Waals surface area contributed by atoms with Crippen molar-refractivity contribution in [3.8, 4) is 11.5 Å². The van der Waals surface area contributed by atoms with Gasteiger partial charge in [-0.05, 0) is 55.6 Å². The molecule has 0 radical (unpaired) electrons. The smallest absolute Gasteiger partial charge is 0.339 e. The van der Waals surface area contributed by atoms with E-state index in [0.29, 0.717) is 16.2 Å². The summed E-state index contributed by atoms with van der Waals surface area (Å²) in [5, 5.41) is 1.85. The Balaban J connectivity index is 1.86. The molecule has 0 aliphatic heterocycles. The van der Waals surface area contributed by atoms with Crippen LogP contribution in [0.3, 0.4) is 0 Å². The third kappa shape index (κ3) is 5.01. The summed E-state index contributed by atoms with van der Waals surface area (Å²) in [7, 11) is -2.53. The number of methoxy groups -OCH3 is 1. The van der Waals surface area contributed by atoms with Gasteiger partial charge in [-0.25, -0.2) is 0 Å². The van der Waals surface area contributed by atoms with E-state index < -0.39 is 10.1 Å². The van der Waals surface area contributed by atoms with Crippen molar-refractivity contribution in [1.29, 1.82) is 0 Å². The Kier molecular flexibility index (Phi) is 6.79. The number of hydrogen-bond donors (Lipinski definition) is 0. The molecule has 0 saturated heterocycles. The maximum Gasteiger partial charge on any atom is 0.339 e. The number of benzene rings is 2. The molecule has 2 aromatic carbocycles. The van der Waals surface area contributed by atoms with E-state index in [1.165, 1.54) is 30.6 Å². The van der Waals surface area contributed by atoms with E-state index >= 15 is 0 Å². The highest BCUT2D eigenvalue weighted by molar-refractivity contribution is 7.87. The molecule has 0 aliphatic rings. The van der Waals surface area contributed by atoms with Gasteiger partial charge in [0, 0.05) is 18.2 Å². The van der Waals surface area contributed by atoms with Crippen LogP contribution in [0.2, 0.25) is 0 Å². The zero-order valence-corrected chi connectivity index (χ0v) is 18.6. The van der Waals surface area contributed by atoms with E-state index in [2.05, 4.69) is 0 Å². The maximum atomic E-state index is 12.9. The van der Waals surface area contributed by atoms with Crippen molar-refractivity contribution in [1.82, 2.24) is 4.90 Å². The minimum absolute atomic E-state index is 0.0217. The molecule has 3 aromatic rings. The number of nitrogens with zero attached hydrogens (tertiary/aromatic N) is 1. The highest BCUT2D eigenvalue weighted by atomic mass is 32.2. The maximum absolute atomic E-state index is 12.9. The van der Waals surface area contributed by atoms with Crippen LogP contribution in [0.5, 0.6) is 11.5 Å². The number of amides is 1. The van der Waals surface area contributed by atoms with Gasteiger partial charge in [0.1, 0.15) is 16.4 Å². The molecule has 0 bridgehead atoms. The van der Waals surface area contributed by atoms with Crippen LogP contribution in [-0.2, 0) is 16.7 Å². The first kappa shape index (κ1) is 21.9. The Morgan fingerprint density at radius 1 is 1.03 bits per heavy atom. The van der Waals surface area contributed by atoms with Crippen LogP contribution >= 0.6 is 11.3 Å². The number of hydrogen-bond acceptors (Lipinski definition) is 6. The molecule has 0 unspecified atom stereocenters. The topological polar surface area (TPSA) is 72.9 Å². The number of carbonyl (C=O) groups excluding carboxylic acids is 1. The largest absolute Gasteiger partial charge is 0.497 e. The van der Waals surface area contributed by atoms with E-state index in [1.807, 2.05) is 25.3 Å². The van der Waals surface area contributed by atoms with E-state index in [4.69, 9.17) is 8.92 Å². The molecule has 0 saturated carbocycles. The van der Waals surface area contributed by atoms with Crippen molar-refractivity contribution >= 4 is 27.4 Å². The lowest BCUT2D eigenvalue weighted by Gasteiger charge is -2.27. The molecule has 1 heterocycles. The van der Waals surface area contributed by atoms with E-state index in [1.54, 1.807) is 47.4 Å². The molecule has 0 spiro atoms. The normalized spacial score (nSPS) is 11.3. The van der Waals surface area contributed by atoms with Crippen molar-refractivity contribution in [2.45, 2.75) is 31.3 Å². The van der Waals surface area contributed by atoms with Crippen molar-refractivity contribution in [3.05, 3.63) is 76.5 Å². The second kappa shape index (κ2) is 9.32. The predicted molar refractivity (Wildman–Crippen MR) is 117 cm³/mol. The Hall–Kier alpha value is -2.84. The third-order valence-corrected chi connectivity index (χ3v) is 6.58. The summed E-state index contributed by atoms with van der Waals surface area (Å²) < 4.78 is 36.0. The van der Waals surface area contributed by atoms with E-state index in [-0.39, 0.29) is 29.1 Å². The molecule has 0 atom stereocenters. The molecule has 1 amide bonds. The zero-order valence-electron chi connectivity index (χ0n) is 16.9. The van der Waals surface area contributed by atoms with Crippen LogP contribution in [-0.4, -0.2) is 32.4 Å². The minimum Gasteiger partial charge on any atom is -0.497 e. The van der Waals surface area contributed by atoms with Crippen molar-refractivity contribution < 1.29 is 22.1 Å². The first-order valence-corrected chi connectivity index (χ1v) is 11.6. The summed E-state index contributed by atoms with van der Waals surface area (Å²) in [5.74, 6) is 0.639. The number of ether oxygens (including phenoxy) is 1. The van der Waals surface area contributed by atoms with Gasteiger partial charge in [-0.15, -0.1) is 11.3 Å². The van der Waals surface area contributed by atoms with Gasteiger partial charge in [0.05, 0.1) is 12.0 Å². The second-order valence-corrected chi connectivity index (χ2v) is 9.32. The van der Waals surface area contributed by atoms with Gasteiger partial charge in [0.2, 0.25) is 0 Å². The van der Waals surface area contributed by atoms with Crippen LogP contribution in [0.4, 0.5) is 0 Å². The molecular weight excluding hydrogens is 422 g/mol. The van der Waals surface area contributed by atoms with Crippen LogP contribution in [0.15, 0.2) is 70.9 Å². The van der Waals surface area contributed by atoms with E-state index in [9.17, 15) is 13.2 Å². The zero-order chi connectivity index (χ0) is 21.7. The average Bonchev–Trinajstić information content (AvgIpc) is 3.27. The fourth-order valence-electron chi connectivity index (χ4n) is 2.84. The molecule has 0 aliphatic carbocycles. The van der Waals surface area contributed by atoms with Crippen LogP contribution < -0.4 is 8.92 Å². The highest BCUT2D eigenvalue weighted by Gasteiger charge is 2.23. The van der Waals surface area contributed by atoms with E-state index in [0.717, 1.165) is 0 Å². The SMILES string of the molecule is COc1ccc(S(=O)(=O)Oc2ccccc2CN(C(=O)c2cccs2)C(C)C)cc1. The fourth-order valence-corrected chi connectivity index (χ4v) is 4.48. The molecule has 3 rings (SSSR count). The van der Waals surface area contributed by atoms with Gasteiger partial charge >= 0.3 is 10.1 Å².